The number of ether oxygens (including phenoxy) is 1. The highest BCUT2D eigenvalue weighted by Gasteiger charge is 2.11. The lowest BCUT2D eigenvalue weighted by Gasteiger charge is -2.08. The maximum Gasteiger partial charge on any atom is 0.254 e. The minimum absolute atomic E-state index is 0.160. The van der Waals surface area contributed by atoms with E-state index in [1.165, 1.54) is 18.0 Å². The number of H-pyrrole nitrogens is 1. The lowest BCUT2D eigenvalue weighted by Crippen LogP contribution is -2.20. The van der Waals surface area contributed by atoms with E-state index in [4.69, 9.17) is 16.3 Å². The molecule has 2 aromatic heterocycles. The van der Waals surface area contributed by atoms with Gasteiger partial charge in [0.1, 0.15) is 5.75 Å². The van der Waals surface area contributed by atoms with Gasteiger partial charge in [0.2, 0.25) is 11.8 Å². The second-order valence-corrected chi connectivity index (χ2v) is 7.36. The Bertz CT molecular complexity index is 1050. The molecule has 0 bridgehead atoms. The number of hydrogen-bond donors (Lipinski definition) is 2. The second-order valence-electron chi connectivity index (χ2n) is 6.13. The first-order valence-corrected chi connectivity index (χ1v) is 10.4. The minimum atomic E-state index is -0.217. The molecule has 0 aliphatic rings. The number of benzene rings is 1. The van der Waals surface area contributed by atoms with E-state index in [0.29, 0.717) is 45.2 Å². The molecule has 1 aromatic carbocycles. The molecule has 0 unspecified atom stereocenters. The third kappa shape index (κ3) is 5.82. The molecular weight excluding hydrogens is 412 g/mol. The highest BCUT2D eigenvalue weighted by molar-refractivity contribution is 7.98. The molecule has 150 valence electrons. The summed E-state index contributed by atoms with van der Waals surface area (Å²) < 4.78 is 5.61. The fraction of sp³-hybridized carbons (Fsp3) is 0.200. The fourth-order valence-electron chi connectivity index (χ4n) is 2.58. The highest BCUT2D eigenvalue weighted by atomic mass is 35.5. The summed E-state index contributed by atoms with van der Waals surface area (Å²) in [4.78, 5) is 35.5. The van der Waals surface area contributed by atoms with Gasteiger partial charge in [-0.25, -0.2) is 9.97 Å². The van der Waals surface area contributed by atoms with Gasteiger partial charge in [-0.2, -0.15) is 0 Å². The van der Waals surface area contributed by atoms with Crippen LogP contribution in [0.4, 0.5) is 5.69 Å². The molecule has 2 heterocycles. The van der Waals surface area contributed by atoms with Gasteiger partial charge in [-0.3, -0.25) is 9.59 Å². The van der Waals surface area contributed by atoms with E-state index in [0.717, 1.165) is 0 Å². The van der Waals surface area contributed by atoms with Crippen LogP contribution in [-0.2, 0) is 11.2 Å². The molecule has 0 spiro atoms. The van der Waals surface area contributed by atoms with Crippen molar-refractivity contribution in [2.24, 2.45) is 0 Å². The number of anilines is 1. The summed E-state index contributed by atoms with van der Waals surface area (Å²) >= 11 is 7.21. The van der Waals surface area contributed by atoms with Gasteiger partial charge in [-0.05, 0) is 49.9 Å². The molecule has 0 aliphatic carbocycles. The molecule has 9 heteroatoms. The van der Waals surface area contributed by atoms with Crippen molar-refractivity contribution < 1.29 is 9.53 Å². The Hall–Kier alpha value is -2.84. The molecule has 3 aromatic rings. The first-order chi connectivity index (χ1) is 13.9. The average molecular weight is 431 g/mol. The van der Waals surface area contributed by atoms with Crippen molar-refractivity contribution in [3.63, 3.8) is 0 Å². The van der Waals surface area contributed by atoms with Crippen molar-refractivity contribution in [3.8, 4) is 11.6 Å². The number of aromatic nitrogens is 3. The van der Waals surface area contributed by atoms with E-state index in [9.17, 15) is 9.59 Å². The lowest BCUT2D eigenvalue weighted by molar-refractivity contribution is -0.116. The normalized spacial score (nSPS) is 10.6. The predicted octanol–water partition coefficient (Wildman–Crippen LogP) is 4.21. The summed E-state index contributed by atoms with van der Waals surface area (Å²) in [6.45, 7) is 1.77. The Labute approximate surface area is 176 Å². The number of thioether (sulfide) groups is 1. The van der Waals surface area contributed by atoms with Crippen molar-refractivity contribution >= 4 is 35.0 Å². The summed E-state index contributed by atoms with van der Waals surface area (Å²) in [7, 11) is 0. The Balaban J connectivity index is 1.56. The molecule has 0 atom stereocenters. The molecule has 0 saturated carbocycles. The lowest BCUT2D eigenvalue weighted by atomic mass is 10.1. The van der Waals surface area contributed by atoms with Crippen molar-refractivity contribution in [2.75, 3.05) is 11.6 Å². The number of halogens is 1. The van der Waals surface area contributed by atoms with Crippen molar-refractivity contribution in [3.05, 3.63) is 69.2 Å². The third-order valence-corrected chi connectivity index (χ3v) is 4.88. The highest BCUT2D eigenvalue weighted by Crippen LogP contribution is 2.22. The van der Waals surface area contributed by atoms with Crippen LogP contribution in [0.2, 0.25) is 5.02 Å². The number of rotatable bonds is 7. The summed E-state index contributed by atoms with van der Waals surface area (Å²) in [6, 6.07) is 10.3. The van der Waals surface area contributed by atoms with Gasteiger partial charge in [0.25, 0.3) is 5.56 Å². The SMILES string of the molecule is CSc1nc(C)c(CCC(=O)Nc2ccc(Oc3ccc(Cl)cc3)nc2)c(=O)[nH]1. The van der Waals surface area contributed by atoms with Gasteiger partial charge >= 0.3 is 0 Å². The molecule has 0 fully saturated rings. The molecule has 1 amide bonds. The Morgan fingerprint density at radius 1 is 1.24 bits per heavy atom. The van der Waals surface area contributed by atoms with E-state index in [2.05, 4.69) is 20.3 Å². The molecule has 2 N–H and O–H groups in total. The Morgan fingerprint density at radius 3 is 2.62 bits per heavy atom. The van der Waals surface area contributed by atoms with Crippen LogP contribution in [0, 0.1) is 6.92 Å². The zero-order chi connectivity index (χ0) is 20.8. The number of aryl methyl sites for hydroxylation is 1. The van der Waals surface area contributed by atoms with E-state index in [1.54, 1.807) is 43.3 Å². The molecular formula is C20H19ClN4O3S. The van der Waals surface area contributed by atoms with Crippen molar-refractivity contribution in [2.45, 2.75) is 24.9 Å². The minimum Gasteiger partial charge on any atom is -0.439 e. The van der Waals surface area contributed by atoms with Crippen LogP contribution < -0.4 is 15.6 Å². The number of amides is 1. The van der Waals surface area contributed by atoms with Crippen LogP contribution in [-0.4, -0.2) is 27.1 Å². The summed E-state index contributed by atoms with van der Waals surface area (Å²) in [5, 5.41) is 3.95. The number of pyridine rings is 1. The van der Waals surface area contributed by atoms with Gasteiger partial charge in [-0.15, -0.1) is 0 Å². The third-order valence-electron chi connectivity index (χ3n) is 4.05. The zero-order valence-corrected chi connectivity index (χ0v) is 17.4. The van der Waals surface area contributed by atoms with E-state index >= 15 is 0 Å². The summed E-state index contributed by atoms with van der Waals surface area (Å²) in [6.07, 6.45) is 3.81. The first-order valence-electron chi connectivity index (χ1n) is 8.77. The number of aromatic amines is 1. The fourth-order valence-corrected chi connectivity index (χ4v) is 3.12. The van der Waals surface area contributed by atoms with Crippen LogP contribution >= 0.6 is 23.4 Å². The van der Waals surface area contributed by atoms with E-state index in [-0.39, 0.29) is 17.9 Å². The number of carbonyl (C=O) groups is 1. The second kappa shape index (κ2) is 9.58. The number of nitrogens with one attached hydrogen (secondary N) is 2. The van der Waals surface area contributed by atoms with E-state index < -0.39 is 0 Å². The van der Waals surface area contributed by atoms with Gasteiger partial charge in [0, 0.05) is 28.8 Å². The quantitative estimate of drug-likeness (QED) is 0.430. The van der Waals surface area contributed by atoms with Crippen LogP contribution in [0.15, 0.2) is 52.5 Å². The van der Waals surface area contributed by atoms with Gasteiger partial charge in [0.05, 0.1) is 11.9 Å². The first kappa shape index (κ1) is 20.9. The van der Waals surface area contributed by atoms with Crippen molar-refractivity contribution in [1.29, 1.82) is 0 Å². The molecule has 29 heavy (non-hydrogen) atoms. The molecule has 0 radical (unpaired) electrons. The Kier molecular flexibility index (Phi) is 6.90. The molecule has 3 rings (SSSR count). The summed E-state index contributed by atoms with van der Waals surface area (Å²) in [5.41, 5.74) is 1.49. The smallest absolute Gasteiger partial charge is 0.254 e. The zero-order valence-electron chi connectivity index (χ0n) is 15.9. The van der Waals surface area contributed by atoms with Crippen LogP contribution in [0.3, 0.4) is 0 Å². The monoisotopic (exact) mass is 430 g/mol. The van der Waals surface area contributed by atoms with Crippen LogP contribution in [0.5, 0.6) is 11.6 Å². The van der Waals surface area contributed by atoms with Gasteiger partial charge < -0.3 is 15.0 Å². The van der Waals surface area contributed by atoms with Crippen LogP contribution in [0.1, 0.15) is 17.7 Å². The molecule has 0 saturated heterocycles. The molecule has 7 nitrogen and oxygen atoms in total. The van der Waals surface area contributed by atoms with E-state index in [1.807, 2.05) is 6.26 Å². The average Bonchev–Trinajstić information content (AvgIpc) is 2.70. The number of hydrogen-bond acceptors (Lipinski definition) is 6. The largest absolute Gasteiger partial charge is 0.439 e. The Morgan fingerprint density at radius 2 is 2.00 bits per heavy atom. The summed E-state index contributed by atoms with van der Waals surface area (Å²) in [5.74, 6) is 0.790. The van der Waals surface area contributed by atoms with Gasteiger partial charge in [0.15, 0.2) is 5.16 Å². The maximum atomic E-state index is 12.2. The molecule has 0 aliphatic heterocycles. The standard InChI is InChI=1S/C20H19ClN4O3S/c1-12-16(19(27)25-20(23-12)29-2)8-9-17(26)24-14-5-10-18(22-11-14)28-15-6-3-13(21)4-7-15/h3-7,10-11H,8-9H2,1-2H3,(H,24,26)(H,23,25,27). The number of carbonyl (C=O) groups excluding carboxylic acids is 1. The maximum absolute atomic E-state index is 12.2. The van der Waals surface area contributed by atoms with Crippen molar-refractivity contribution in [1.82, 2.24) is 15.0 Å². The topological polar surface area (TPSA) is 97.0 Å². The number of nitrogens with zero attached hydrogens (tertiary/aromatic N) is 2. The predicted molar refractivity (Wildman–Crippen MR) is 114 cm³/mol. The van der Waals surface area contributed by atoms with Gasteiger partial charge in [-0.1, -0.05) is 23.4 Å². The van der Waals surface area contributed by atoms with Crippen LogP contribution in [0.25, 0.3) is 0 Å².